The summed E-state index contributed by atoms with van der Waals surface area (Å²) in [6.07, 6.45) is -0.998. The van der Waals surface area contributed by atoms with Gasteiger partial charge in [0.2, 0.25) is 0 Å². The number of carboxylic acids is 1. The summed E-state index contributed by atoms with van der Waals surface area (Å²) < 4.78 is 0. The zero-order valence-electron chi connectivity index (χ0n) is 9.52. The number of benzene rings is 1. The average molecular weight is 277 g/mol. The molecule has 0 bridgehead atoms. The second-order valence-electron chi connectivity index (χ2n) is 4.07. The second-order valence-corrected chi connectivity index (χ2v) is 4.88. The van der Waals surface area contributed by atoms with Crippen molar-refractivity contribution in [1.29, 1.82) is 0 Å². The maximum Gasteiger partial charge on any atom is 0.306 e. The lowest BCUT2D eigenvalue weighted by atomic mass is 9.87. The molecular weight excluding hydrogens is 263 g/mol. The third kappa shape index (κ3) is 3.12. The topological polar surface area (TPSA) is 57.5 Å². The van der Waals surface area contributed by atoms with E-state index in [1.54, 1.807) is 32.0 Å². The third-order valence-electron chi connectivity index (χ3n) is 2.97. The van der Waals surface area contributed by atoms with E-state index in [1.165, 1.54) is 0 Å². The molecule has 1 aromatic carbocycles. The van der Waals surface area contributed by atoms with E-state index in [0.29, 0.717) is 15.6 Å². The highest BCUT2D eigenvalue weighted by Gasteiger charge is 2.29. The average Bonchev–Trinajstić information content (AvgIpc) is 2.26. The molecule has 0 heterocycles. The molecule has 3 nitrogen and oxygen atoms in total. The highest BCUT2D eigenvalue weighted by atomic mass is 35.5. The van der Waals surface area contributed by atoms with Crippen molar-refractivity contribution in [2.75, 3.05) is 0 Å². The van der Waals surface area contributed by atoms with E-state index in [-0.39, 0.29) is 0 Å². The van der Waals surface area contributed by atoms with Gasteiger partial charge in [-0.15, -0.1) is 0 Å². The van der Waals surface area contributed by atoms with Crippen LogP contribution < -0.4 is 0 Å². The number of halogens is 2. The summed E-state index contributed by atoms with van der Waals surface area (Å²) in [4.78, 5) is 10.9. The van der Waals surface area contributed by atoms with Crippen LogP contribution in [0.1, 0.15) is 25.5 Å². The first-order valence-corrected chi connectivity index (χ1v) is 5.96. The summed E-state index contributed by atoms with van der Waals surface area (Å²) in [5.41, 5.74) is 0.386. The molecule has 3 atom stereocenters. The van der Waals surface area contributed by atoms with E-state index < -0.39 is 23.9 Å². The molecule has 3 unspecified atom stereocenters. The van der Waals surface area contributed by atoms with E-state index in [1.807, 2.05) is 0 Å². The molecule has 0 aliphatic heterocycles. The SMILES string of the molecule is CC(C(=O)O)C(C)C(O)c1c(Cl)cccc1Cl. The van der Waals surface area contributed by atoms with Crippen LogP contribution in [0.5, 0.6) is 0 Å². The molecule has 0 saturated heterocycles. The predicted octanol–water partition coefficient (Wildman–Crippen LogP) is 3.38. The third-order valence-corrected chi connectivity index (χ3v) is 3.63. The molecule has 94 valence electrons. The van der Waals surface area contributed by atoms with E-state index in [0.717, 1.165) is 0 Å². The van der Waals surface area contributed by atoms with Crippen LogP contribution in [0.15, 0.2) is 18.2 Å². The van der Waals surface area contributed by atoms with Gasteiger partial charge in [0.05, 0.1) is 12.0 Å². The summed E-state index contributed by atoms with van der Waals surface area (Å²) in [6.45, 7) is 3.20. The Hall–Kier alpha value is -0.770. The Labute approximate surface area is 110 Å². The van der Waals surface area contributed by atoms with Crippen molar-refractivity contribution < 1.29 is 15.0 Å². The number of hydrogen-bond donors (Lipinski definition) is 2. The summed E-state index contributed by atoms with van der Waals surface area (Å²) in [5, 5.41) is 19.7. The fraction of sp³-hybridized carbons (Fsp3) is 0.417. The van der Waals surface area contributed by atoms with Crippen LogP contribution in [0.4, 0.5) is 0 Å². The molecule has 0 aromatic heterocycles. The fourth-order valence-corrected chi connectivity index (χ4v) is 2.18. The molecular formula is C12H14Cl2O3. The Morgan fingerprint density at radius 2 is 1.71 bits per heavy atom. The maximum atomic E-state index is 10.9. The molecule has 5 heteroatoms. The summed E-state index contributed by atoms with van der Waals surface area (Å²) >= 11 is 11.9. The van der Waals surface area contributed by atoms with Gasteiger partial charge in [-0.3, -0.25) is 4.79 Å². The van der Waals surface area contributed by atoms with Crippen molar-refractivity contribution in [1.82, 2.24) is 0 Å². The van der Waals surface area contributed by atoms with Crippen LogP contribution in [0.2, 0.25) is 10.0 Å². The predicted molar refractivity (Wildman–Crippen MR) is 67.4 cm³/mol. The smallest absolute Gasteiger partial charge is 0.306 e. The van der Waals surface area contributed by atoms with Gasteiger partial charge in [0.25, 0.3) is 0 Å². The summed E-state index contributed by atoms with van der Waals surface area (Å²) in [5.74, 6) is -2.12. The van der Waals surface area contributed by atoms with E-state index in [4.69, 9.17) is 28.3 Å². The van der Waals surface area contributed by atoms with Crippen molar-refractivity contribution >= 4 is 29.2 Å². The van der Waals surface area contributed by atoms with Gasteiger partial charge in [0.1, 0.15) is 0 Å². The van der Waals surface area contributed by atoms with Crippen molar-refractivity contribution in [3.8, 4) is 0 Å². The van der Waals surface area contributed by atoms with Crippen LogP contribution in [0, 0.1) is 11.8 Å². The lowest BCUT2D eigenvalue weighted by molar-refractivity contribution is -0.144. The molecule has 17 heavy (non-hydrogen) atoms. The van der Waals surface area contributed by atoms with Crippen LogP contribution in [0.3, 0.4) is 0 Å². The van der Waals surface area contributed by atoms with Gasteiger partial charge in [-0.2, -0.15) is 0 Å². The number of hydrogen-bond acceptors (Lipinski definition) is 2. The highest BCUT2D eigenvalue weighted by molar-refractivity contribution is 6.36. The quantitative estimate of drug-likeness (QED) is 0.886. The molecule has 1 aromatic rings. The molecule has 0 aliphatic rings. The molecule has 2 N–H and O–H groups in total. The first-order chi connectivity index (χ1) is 7.86. The van der Waals surface area contributed by atoms with Crippen molar-refractivity contribution in [3.05, 3.63) is 33.8 Å². The molecule has 1 rings (SSSR count). The van der Waals surface area contributed by atoms with Gasteiger partial charge in [-0.25, -0.2) is 0 Å². The van der Waals surface area contributed by atoms with Gasteiger partial charge in [0.15, 0.2) is 0 Å². The monoisotopic (exact) mass is 276 g/mol. The minimum absolute atomic E-state index is 0.342. The Balaban J connectivity index is 3.04. The molecule has 0 aliphatic carbocycles. The van der Waals surface area contributed by atoms with Gasteiger partial charge in [-0.1, -0.05) is 43.1 Å². The van der Waals surface area contributed by atoms with Crippen molar-refractivity contribution in [2.24, 2.45) is 11.8 Å². The number of aliphatic carboxylic acids is 1. The molecule has 0 fully saturated rings. The van der Waals surface area contributed by atoms with Crippen molar-refractivity contribution in [3.63, 3.8) is 0 Å². The number of aliphatic hydroxyl groups excluding tert-OH is 1. The van der Waals surface area contributed by atoms with E-state index in [9.17, 15) is 9.90 Å². The number of aliphatic hydroxyl groups is 1. The number of carboxylic acid groups (broad SMARTS) is 1. The van der Waals surface area contributed by atoms with Crippen LogP contribution in [-0.4, -0.2) is 16.2 Å². The minimum atomic E-state index is -0.998. The van der Waals surface area contributed by atoms with Crippen LogP contribution in [0.25, 0.3) is 0 Å². The zero-order chi connectivity index (χ0) is 13.2. The first kappa shape index (κ1) is 14.3. The largest absolute Gasteiger partial charge is 0.481 e. The Morgan fingerprint density at radius 1 is 1.24 bits per heavy atom. The Bertz CT molecular complexity index is 400. The summed E-state index contributed by atoms with van der Waals surface area (Å²) in [7, 11) is 0. The molecule has 0 radical (unpaired) electrons. The van der Waals surface area contributed by atoms with Gasteiger partial charge < -0.3 is 10.2 Å². The number of rotatable bonds is 4. The zero-order valence-corrected chi connectivity index (χ0v) is 11.0. The lowest BCUT2D eigenvalue weighted by Crippen LogP contribution is -2.24. The fourth-order valence-electron chi connectivity index (χ4n) is 1.55. The first-order valence-electron chi connectivity index (χ1n) is 5.21. The summed E-state index contributed by atoms with van der Waals surface area (Å²) in [6, 6.07) is 4.90. The molecule has 0 amide bonds. The van der Waals surface area contributed by atoms with Crippen molar-refractivity contribution in [2.45, 2.75) is 20.0 Å². The van der Waals surface area contributed by atoms with Gasteiger partial charge in [-0.05, 0) is 18.1 Å². The molecule has 0 spiro atoms. The molecule has 0 saturated carbocycles. The Kier molecular flexibility index (Phi) is 4.80. The van der Waals surface area contributed by atoms with Gasteiger partial charge >= 0.3 is 5.97 Å². The number of carbonyl (C=O) groups is 1. The van der Waals surface area contributed by atoms with E-state index in [2.05, 4.69) is 0 Å². The van der Waals surface area contributed by atoms with Crippen LogP contribution in [-0.2, 0) is 4.79 Å². The minimum Gasteiger partial charge on any atom is -0.481 e. The normalized spacial score (nSPS) is 16.3. The lowest BCUT2D eigenvalue weighted by Gasteiger charge is -2.24. The second kappa shape index (κ2) is 5.71. The van der Waals surface area contributed by atoms with Crippen LogP contribution >= 0.6 is 23.2 Å². The highest BCUT2D eigenvalue weighted by Crippen LogP contribution is 2.36. The Morgan fingerprint density at radius 3 is 2.12 bits per heavy atom. The van der Waals surface area contributed by atoms with E-state index >= 15 is 0 Å². The standard InChI is InChI=1S/C12H14Cl2O3/c1-6(7(2)12(16)17)11(15)10-8(13)4-3-5-9(10)14/h3-7,11,15H,1-2H3,(H,16,17). The van der Waals surface area contributed by atoms with Gasteiger partial charge in [0, 0.05) is 15.6 Å². The maximum absolute atomic E-state index is 10.9.